The average molecular weight is 356 g/mol. The summed E-state index contributed by atoms with van der Waals surface area (Å²) < 4.78 is 7.49. The highest BCUT2D eigenvalue weighted by Crippen LogP contribution is 2.32. The Morgan fingerprint density at radius 2 is 2.00 bits per heavy atom. The molecule has 0 unspecified atom stereocenters. The number of hydrogen-bond donors (Lipinski definition) is 4. The van der Waals surface area contributed by atoms with Crippen molar-refractivity contribution < 1.29 is 14.9 Å². The van der Waals surface area contributed by atoms with Crippen LogP contribution in [-0.2, 0) is 11.3 Å². The smallest absolute Gasteiger partial charge is 0.167 e. The van der Waals surface area contributed by atoms with E-state index >= 15 is 0 Å². The number of nitrogens with one attached hydrogen (secondary N) is 1. The van der Waals surface area contributed by atoms with Gasteiger partial charge in [0.05, 0.1) is 19.0 Å². The summed E-state index contributed by atoms with van der Waals surface area (Å²) in [5, 5.41) is 23.8. The van der Waals surface area contributed by atoms with Crippen LogP contribution in [0.25, 0.3) is 11.2 Å². The molecule has 26 heavy (non-hydrogen) atoms. The summed E-state index contributed by atoms with van der Waals surface area (Å²) >= 11 is 0. The minimum atomic E-state index is -0.899. The van der Waals surface area contributed by atoms with Gasteiger partial charge in [0.2, 0.25) is 0 Å². The van der Waals surface area contributed by atoms with E-state index in [1.807, 2.05) is 30.3 Å². The molecule has 0 bridgehead atoms. The lowest BCUT2D eigenvalue weighted by molar-refractivity contribution is -0.0489. The van der Waals surface area contributed by atoms with Gasteiger partial charge in [0.15, 0.2) is 17.7 Å². The molecule has 9 nitrogen and oxygen atoms in total. The highest BCUT2D eigenvalue weighted by Gasteiger charge is 2.44. The maximum atomic E-state index is 10.8. The summed E-state index contributed by atoms with van der Waals surface area (Å²) in [6.45, 7) is 0.332. The standard InChI is InChI=1S/C17H20N6O3/c18-15-13-16(21-8-20-15)23(9-22-13)17-14(25)12(11(7-24)26-17)19-6-10-4-2-1-3-5-10/h1-5,8-9,11-12,14,17,19,24-25H,6-7H2,(H2,18,20,21)/t11-,12-,14-,17-/m1/s1. The van der Waals surface area contributed by atoms with Crippen molar-refractivity contribution >= 4 is 17.0 Å². The first-order chi connectivity index (χ1) is 12.7. The van der Waals surface area contributed by atoms with Gasteiger partial charge in [-0.25, -0.2) is 15.0 Å². The minimum Gasteiger partial charge on any atom is -0.394 e. The van der Waals surface area contributed by atoms with E-state index in [4.69, 9.17) is 10.5 Å². The van der Waals surface area contributed by atoms with Gasteiger partial charge < -0.3 is 26.0 Å². The molecule has 1 saturated heterocycles. The number of anilines is 1. The largest absolute Gasteiger partial charge is 0.394 e. The van der Waals surface area contributed by atoms with Crippen molar-refractivity contribution in [1.82, 2.24) is 24.8 Å². The molecule has 4 atom stereocenters. The number of aliphatic hydroxyl groups excluding tert-OH is 2. The third-order valence-electron chi connectivity index (χ3n) is 4.60. The Kier molecular flexibility index (Phi) is 4.51. The molecular weight excluding hydrogens is 336 g/mol. The maximum Gasteiger partial charge on any atom is 0.167 e. The van der Waals surface area contributed by atoms with Gasteiger partial charge in [-0.15, -0.1) is 0 Å². The second-order valence-corrected chi connectivity index (χ2v) is 6.21. The van der Waals surface area contributed by atoms with Crippen molar-refractivity contribution in [1.29, 1.82) is 0 Å². The van der Waals surface area contributed by atoms with Crippen LogP contribution in [-0.4, -0.2) is 54.6 Å². The highest BCUT2D eigenvalue weighted by atomic mass is 16.5. The molecule has 1 aromatic carbocycles. The molecule has 0 radical (unpaired) electrons. The summed E-state index contributed by atoms with van der Waals surface area (Å²) in [6.07, 6.45) is 0.656. The van der Waals surface area contributed by atoms with Crippen molar-refractivity contribution in [2.45, 2.75) is 31.0 Å². The van der Waals surface area contributed by atoms with Gasteiger partial charge in [-0.2, -0.15) is 0 Å². The Hall–Kier alpha value is -2.59. The molecule has 0 amide bonds. The van der Waals surface area contributed by atoms with Crippen molar-refractivity contribution in [2.75, 3.05) is 12.3 Å². The fourth-order valence-electron chi connectivity index (χ4n) is 3.27. The lowest BCUT2D eigenvalue weighted by Crippen LogP contribution is -2.45. The van der Waals surface area contributed by atoms with Gasteiger partial charge in [-0.05, 0) is 5.56 Å². The normalized spacial score (nSPS) is 25.8. The van der Waals surface area contributed by atoms with Gasteiger partial charge in [0.1, 0.15) is 24.1 Å². The molecule has 0 spiro atoms. The highest BCUT2D eigenvalue weighted by molar-refractivity contribution is 5.81. The summed E-state index contributed by atoms with van der Waals surface area (Å²) in [7, 11) is 0. The SMILES string of the molecule is Nc1ncnc2c1ncn2[C@@H]1O[C@H](CO)[C@@H](NCc2ccccc2)[C@H]1O. The zero-order valence-corrected chi connectivity index (χ0v) is 13.9. The van der Waals surface area contributed by atoms with E-state index in [9.17, 15) is 10.2 Å². The van der Waals surface area contributed by atoms with E-state index in [-0.39, 0.29) is 12.4 Å². The summed E-state index contributed by atoms with van der Waals surface area (Å²) in [4.78, 5) is 12.3. The van der Waals surface area contributed by atoms with Crippen LogP contribution in [0.2, 0.25) is 0 Å². The maximum absolute atomic E-state index is 10.8. The molecule has 9 heteroatoms. The van der Waals surface area contributed by atoms with Crippen LogP contribution in [0.1, 0.15) is 11.8 Å². The predicted octanol–water partition coefficient (Wildman–Crippen LogP) is -0.183. The van der Waals surface area contributed by atoms with Crippen molar-refractivity contribution in [3.63, 3.8) is 0 Å². The number of nitrogen functional groups attached to an aromatic ring is 1. The molecule has 136 valence electrons. The predicted molar refractivity (Wildman–Crippen MR) is 93.8 cm³/mol. The Morgan fingerprint density at radius 1 is 1.19 bits per heavy atom. The molecule has 3 heterocycles. The number of nitrogens with zero attached hydrogens (tertiary/aromatic N) is 4. The Morgan fingerprint density at radius 3 is 2.77 bits per heavy atom. The molecule has 0 aliphatic carbocycles. The second kappa shape index (κ2) is 6.96. The number of aromatic nitrogens is 4. The number of hydrogen-bond acceptors (Lipinski definition) is 8. The average Bonchev–Trinajstić information content (AvgIpc) is 3.22. The first-order valence-electron chi connectivity index (χ1n) is 8.33. The summed E-state index contributed by atoms with van der Waals surface area (Å²) in [5.41, 5.74) is 7.81. The Labute approximate surface area is 149 Å². The number of ether oxygens (including phenoxy) is 1. The van der Waals surface area contributed by atoms with Crippen LogP contribution in [0.5, 0.6) is 0 Å². The zero-order chi connectivity index (χ0) is 18.1. The molecule has 4 rings (SSSR count). The van der Waals surface area contributed by atoms with Gasteiger partial charge in [-0.3, -0.25) is 4.57 Å². The van der Waals surface area contributed by atoms with Gasteiger partial charge in [-0.1, -0.05) is 30.3 Å². The molecule has 2 aromatic heterocycles. The monoisotopic (exact) mass is 356 g/mol. The second-order valence-electron chi connectivity index (χ2n) is 6.21. The van der Waals surface area contributed by atoms with E-state index in [1.54, 1.807) is 4.57 Å². The third-order valence-corrected chi connectivity index (χ3v) is 4.60. The van der Waals surface area contributed by atoms with Gasteiger partial charge in [0, 0.05) is 6.54 Å². The quantitative estimate of drug-likeness (QED) is 0.495. The lowest BCUT2D eigenvalue weighted by Gasteiger charge is -2.21. The van der Waals surface area contributed by atoms with Crippen LogP contribution in [0.15, 0.2) is 43.0 Å². The van der Waals surface area contributed by atoms with Crippen LogP contribution < -0.4 is 11.1 Å². The van der Waals surface area contributed by atoms with Crippen molar-refractivity contribution in [3.05, 3.63) is 48.5 Å². The number of rotatable bonds is 5. The first kappa shape index (κ1) is 16.9. The lowest BCUT2D eigenvalue weighted by atomic mass is 10.1. The molecular formula is C17H20N6O3. The topological polar surface area (TPSA) is 131 Å². The molecule has 1 aliphatic heterocycles. The molecule has 0 saturated carbocycles. The van der Waals surface area contributed by atoms with E-state index in [1.165, 1.54) is 12.7 Å². The zero-order valence-electron chi connectivity index (χ0n) is 13.9. The van der Waals surface area contributed by atoms with Crippen molar-refractivity contribution in [3.8, 4) is 0 Å². The van der Waals surface area contributed by atoms with Crippen LogP contribution in [0, 0.1) is 0 Å². The van der Waals surface area contributed by atoms with Crippen molar-refractivity contribution in [2.24, 2.45) is 0 Å². The third kappa shape index (κ3) is 2.90. The van der Waals surface area contributed by atoms with Crippen LogP contribution >= 0.6 is 0 Å². The van der Waals surface area contributed by atoms with Crippen LogP contribution in [0.3, 0.4) is 0 Å². The fourth-order valence-corrected chi connectivity index (χ4v) is 3.27. The van der Waals surface area contributed by atoms with E-state index in [2.05, 4.69) is 20.3 Å². The van der Waals surface area contributed by atoms with Crippen LogP contribution in [0.4, 0.5) is 5.82 Å². The summed E-state index contributed by atoms with van der Waals surface area (Å²) in [6, 6.07) is 9.38. The molecule has 1 aliphatic rings. The van der Waals surface area contributed by atoms with E-state index < -0.39 is 24.5 Å². The number of nitrogens with two attached hydrogens (primary N) is 1. The number of fused-ring (bicyclic) bond motifs is 1. The Balaban J connectivity index is 1.57. The van der Waals surface area contributed by atoms with Gasteiger partial charge in [0.25, 0.3) is 0 Å². The number of aliphatic hydroxyl groups is 2. The molecule has 5 N–H and O–H groups in total. The number of imidazole rings is 1. The van der Waals surface area contributed by atoms with E-state index in [0.29, 0.717) is 17.7 Å². The molecule has 1 fully saturated rings. The first-order valence-corrected chi connectivity index (χ1v) is 8.33. The van der Waals surface area contributed by atoms with E-state index in [0.717, 1.165) is 5.56 Å². The van der Waals surface area contributed by atoms with Gasteiger partial charge >= 0.3 is 0 Å². The fraction of sp³-hybridized carbons (Fsp3) is 0.353. The molecule has 3 aromatic rings. The minimum absolute atomic E-state index is 0.218. The number of benzene rings is 1. The Bertz CT molecular complexity index is 887. The summed E-state index contributed by atoms with van der Waals surface area (Å²) in [5.74, 6) is 0.263.